The fraction of sp³-hybridized carbons (Fsp3) is 0.241. The van der Waals surface area contributed by atoms with Crippen LogP contribution in [0.1, 0.15) is 27.9 Å². The van der Waals surface area contributed by atoms with Crippen LogP contribution in [-0.4, -0.2) is 53.5 Å². The molecule has 1 atom stereocenters. The van der Waals surface area contributed by atoms with Crippen LogP contribution in [0.15, 0.2) is 83.3 Å². The number of nitrogens with one attached hydrogen (secondary N) is 2. The van der Waals surface area contributed by atoms with Crippen LogP contribution < -0.4 is 15.4 Å². The van der Waals surface area contributed by atoms with E-state index in [1.165, 1.54) is 5.56 Å². The number of amides is 2. The number of ether oxygens (including phenoxy) is 2. The van der Waals surface area contributed by atoms with Crippen molar-refractivity contribution in [2.24, 2.45) is 0 Å². The van der Waals surface area contributed by atoms with E-state index >= 15 is 0 Å². The van der Waals surface area contributed by atoms with Gasteiger partial charge in [-0.25, -0.2) is 0 Å². The van der Waals surface area contributed by atoms with E-state index in [4.69, 9.17) is 21.7 Å². The summed E-state index contributed by atoms with van der Waals surface area (Å²) in [7, 11) is 0. The minimum absolute atomic E-state index is 0.0648. The molecule has 1 aliphatic heterocycles. The van der Waals surface area contributed by atoms with Crippen LogP contribution in [-0.2, 0) is 27.4 Å². The van der Waals surface area contributed by atoms with Gasteiger partial charge in [-0.2, -0.15) is 0 Å². The zero-order valence-electron chi connectivity index (χ0n) is 21.1. The van der Waals surface area contributed by atoms with Crippen LogP contribution >= 0.6 is 28.1 Å². The lowest BCUT2D eigenvalue weighted by molar-refractivity contribution is -0.148. The summed E-state index contributed by atoms with van der Waals surface area (Å²) in [5, 5.41) is 5.49. The molecule has 0 radical (unpaired) electrons. The first kappa shape index (κ1) is 28.3. The molecule has 1 fully saturated rings. The SMILES string of the molecule is O=C(CC1C(=O)NCCN1C(=S)NC(=O)c1ccc(OCCc2ccccc2)c(Br)c1)OCc1ccccc1. The highest BCUT2D eigenvalue weighted by Crippen LogP contribution is 2.26. The van der Waals surface area contributed by atoms with Gasteiger partial charge in [0, 0.05) is 25.1 Å². The first-order chi connectivity index (χ1) is 18.9. The molecular weight excluding hydrogens is 582 g/mol. The standard InChI is InChI=1S/C29H28BrN3O5S/c30-23-17-22(11-12-25(23)37-16-13-20-7-3-1-4-8-20)27(35)32-29(39)33-15-14-31-28(36)24(33)18-26(34)38-19-21-9-5-2-6-10-21/h1-12,17,24H,13-16,18-19H2,(H,31,36)(H,32,35,39). The van der Waals surface area contributed by atoms with Crippen molar-refractivity contribution in [3.05, 3.63) is 100 Å². The molecule has 1 unspecified atom stereocenters. The van der Waals surface area contributed by atoms with Crippen LogP contribution in [0.2, 0.25) is 0 Å². The maximum Gasteiger partial charge on any atom is 0.308 e. The first-order valence-corrected chi connectivity index (χ1v) is 13.7. The van der Waals surface area contributed by atoms with E-state index in [1.807, 2.05) is 60.7 Å². The molecule has 1 aliphatic rings. The number of carbonyl (C=O) groups excluding carboxylic acids is 3. The highest BCUT2D eigenvalue weighted by Gasteiger charge is 2.34. The van der Waals surface area contributed by atoms with Crippen LogP contribution in [0, 0.1) is 0 Å². The van der Waals surface area contributed by atoms with Crippen molar-refractivity contribution in [3.8, 4) is 5.75 Å². The van der Waals surface area contributed by atoms with Gasteiger partial charge in [-0.15, -0.1) is 0 Å². The monoisotopic (exact) mass is 609 g/mol. The van der Waals surface area contributed by atoms with E-state index < -0.39 is 17.9 Å². The van der Waals surface area contributed by atoms with Gasteiger partial charge in [-0.05, 0) is 57.5 Å². The second-order valence-corrected chi connectivity index (χ2v) is 10.1. The second-order valence-electron chi connectivity index (χ2n) is 8.84. The molecule has 0 bridgehead atoms. The van der Waals surface area contributed by atoms with E-state index in [9.17, 15) is 14.4 Å². The second kappa shape index (κ2) is 13.9. The summed E-state index contributed by atoms with van der Waals surface area (Å²) in [5.74, 6) is -0.708. The molecule has 0 saturated carbocycles. The zero-order valence-corrected chi connectivity index (χ0v) is 23.5. The molecule has 202 valence electrons. The predicted octanol–water partition coefficient (Wildman–Crippen LogP) is 4.02. The summed E-state index contributed by atoms with van der Waals surface area (Å²) in [6.07, 6.45) is 0.559. The van der Waals surface area contributed by atoms with Crippen LogP contribution in [0.5, 0.6) is 5.75 Å². The summed E-state index contributed by atoms with van der Waals surface area (Å²) in [5.41, 5.74) is 2.38. The Kier molecular flexibility index (Phi) is 10.0. The zero-order chi connectivity index (χ0) is 27.6. The Morgan fingerprint density at radius 3 is 2.41 bits per heavy atom. The third kappa shape index (κ3) is 8.11. The number of hydrogen-bond donors (Lipinski definition) is 2. The minimum Gasteiger partial charge on any atom is -0.492 e. The van der Waals surface area contributed by atoms with Crippen LogP contribution in [0.4, 0.5) is 0 Å². The Hall–Kier alpha value is -3.76. The molecule has 4 rings (SSSR count). The number of esters is 1. The Labute approximate surface area is 240 Å². The molecule has 0 aromatic heterocycles. The summed E-state index contributed by atoms with van der Waals surface area (Å²) in [6, 6.07) is 23.4. The summed E-state index contributed by atoms with van der Waals surface area (Å²) >= 11 is 8.93. The van der Waals surface area contributed by atoms with Gasteiger partial charge in [0.1, 0.15) is 18.4 Å². The van der Waals surface area contributed by atoms with Gasteiger partial charge in [0.15, 0.2) is 5.11 Å². The number of piperazine rings is 1. The van der Waals surface area contributed by atoms with Crippen molar-refractivity contribution < 1.29 is 23.9 Å². The molecule has 1 saturated heterocycles. The Morgan fingerprint density at radius 2 is 1.72 bits per heavy atom. The molecule has 8 nitrogen and oxygen atoms in total. The van der Waals surface area contributed by atoms with Crippen molar-refractivity contribution in [1.82, 2.24) is 15.5 Å². The summed E-state index contributed by atoms with van der Waals surface area (Å²) in [4.78, 5) is 39.6. The fourth-order valence-electron chi connectivity index (χ4n) is 4.04. The molecule has 39 heavy (non-hydrogen) atoms. The highest BCUT2D eigenvalue weighted by atomic mass is 79.9. The smallest absolute Gasteiger partial charge is 0.308 e. The van der Waals surface area contributed by atoms with Crippen molar-refractivity contribution in [2.45, 2.75) is 25.5 Å². The van der Waals surface area contributed by atoms with E-state index in [2.05, 4.69) is 26.6 Å². The van der Waals surface area contributed by atoms with E-state index in [1.54, 1.807) is 23.1 Å². The normalized spacial score (nSPS) is 14.7. The topological polar surface area (TPSA) is 97.0 Å². The predicted molar refractivity (Wildman–Crippen MR) is 154 cm³/mol. The summed E-state index contributed by atoms with van der Waals surface area (Å²) < 4.78 is 11.8. The van der Waals surface area contributed by atoms with E-state index in [-0.39, 0.29) is 24.0 Å². The Morgan fingerprint density at radius 1 is 1.03 bits per heavy atom. The number of carbonyl (C=O) groups is 3. The first-order valence-electron chi connectivity index (χ1n) is 12.5. The average Bonchev–Trinajstić information content (AvgIpc) is 2.95. The fourth-order valence-corrected chi connectivity index (χ4v) is 4.84. The lowest BCUT2D eigenvalue weighted by atomic mass is 10.1. The van der Waals surface area contributed by atoms with Gasteiger partial charge < -0.3 is 19.7 Å². The molecule has 2 amide bonds. The van der Waals surface area contributed by atoms with Crippen molar-refractivity contribution in [1.29, 1.82) is 0 Å². The van der Waals surface area contributed by atoms with E-state index in [0.717, 1.165) is 12.0 Å². The van der Waals surface area contributed by atoms with Gasteiger partial charge >= 0.3 is 5.97 Å². The minimum atomic E-state index is -0.887. The Balaban J connectivity index is 1.32. The number of thiocarbonyl (C=S) groups is 1. The van der Waals surface area contributed by atoms with Crippen molar-refractivity contribution in [2.75, 3.05) is 19.7 Å². The van der Waals surface area contributed by atoms with Crippen molar-refractivity contribution >= 4 is 51.0 Å². The largest absolute Gasteiger partial charge is 0.492 e. The highest BCUT2D eigenvalue weighted by molar-refractivity contribution is 9.10. The third-order valence-electron chi connectivity index (χ3n) is 6.10. The lowest BCUT2D eigenvalue weighted by Gasteiger charge is -2.36. The Bertz CT molecular complexity index is 1320. The molecule has 1 heterocycles. The molecule has 10 heteroatoms. The van der Waals surface area contributed by atoms with Gasteiger partial charge in [-0.3, -0.25) is 19.7 Å². The third-order valence-corrected chi connectivity index (χ3v) is 7.06. The maximum atomic E-state index is 13.0. The molecule has 0 spiro atoms. The molecule has 2 N–H and O–H groups in total. The van der Waals surface area contributed by atoms with E-state index in [0.29, 0.717) is 35.5 Å². The van der Waals surface area contributed by atoms with Gasteiger partial charge in [0.05, 0.1) is 17.5 Å². The van der Waals surface area contributed by atoms with Crippen molar-refractivity contribution in [3.63, 3.8) is 0 Å². The number of halogens is 1. The number of rotatable bonds is 9. The molecule has 3 aromatic rings. The van der Waals surface area contributed by atoms with Gasteiger partial charge in [0.25, 0.3) is 5.91 Å². The van der Waals surface area contributed by atoms with Gasteiger partial charge in [0.2, 0.25) is 5.91 Å². The maximum absolute atomic E-state index is 13.0. The summed E-state index contributed by atoms with van der Waals surface area (Å²) in [6.45, 7) is 1.28. The quantitative estimate of drug-likeness (QED) is 0.279. The average molecular weight is 611 g/mol. The number of nitrogens with zero attached hydrogens (tertiary/aromatic N) is 1. The molecule has 3 aromatic carbocycles. The molecule has 0 aliphatic carbocycles. The van der Waals surface area contributed by atoms with Gasteiger partial charge in [-0.1, -0.05) is 60.7 Å². The number of hydrogen-bond acceptors (Lipinski definition) is 6. The molecular formula is C29H28BrN3O5S. The number of benzene rings is 3. The van der Waals surface area contributed by atoms with Crippen LogP contribution in [0.3, 0.4) is 0 Å². The van der Waals surface area contributed by atoms with Crippen LogP contribution in [0.25, 0.3) is 0 Å². The lowest BCUT2D eigenvalue weighted by Crippen LogP contribution is -2.60.